The lowest BCUT2D eigenvalue weighted by atomic mass is 9.48. The van der Waals surface area contributed by atoms with Gasteiger partial charge in [0.2, 0.25) is 0 Å². The van der Waals surface area contributed by atoms with E-state index in [1.165, 1.54) is 0 Å². The monoisotopic (exact) mass is 278 g/mol. The molecule has 3 rings (SSSR count). The first-order valence-corrected chi connectivity index (χ1v) is 7.41. The van der Waals surface area contributed by atoms with Gasteiger partial charge in [-0.15, -0.1) is 0 Å². The number of imidazole rings is 1. The van der Waals surface area contributed by atoms with Crippen LogP contribution in [0.25, 0.3) is 0 Å². The van der Waals surface area contributed by atoms with Gasteiger partial charge in [0.15, 0.2) is 0 Å². The molecule has 1 aromatic rings. The van der Waals surface area contributed by atoms with Crippen molar-refractivity contribution in [3.05, 3.63) is 18.2 Å². The van der Waals surface area contributed by atoms with Crippen LogP contribution >= 0.6 is 0 Å². The number of aromatic nitrogens is 2. The van der Waals surface area contributed by atoms with Crippen molar-refractivity contribution >= 4 is 0 Å². The summed E-state index contributed by atoms with van der Waals surface area (Å²) in [5.41, 5.74) is 6.67. The molecular formula is C15H26N4O. The molecule has 0 amide bonds. The van der Waals surface area contributed by atoms with Crippen LogP contribution in [0, 0.1) is 11.3 Å². The molecule has 1 saturated carbocycles. The van der Waals surface area contributed by atoms with Gasteiger partial charge < -0.3 is 15.0 Å². The second-order valence-electron chi connectivity index (χ2n) is 7.08. The summed E-state index contributed by atoms with van der Waals surface area (Å²) in [6.45, 7) is 7.07. The molecule has 3 atom stereocenters. The number of likely N-dealkylation sites (N-methyl/N-ethyl adjacent to an activating group) is 1. The lowest BCUT2D eigenvalue weighted by Gasteiger charge is -2.63. The number of nitrogens with zero attached hydrogens (tertiary/aromatic N) is 3. The Kier molecular flexibility index (Phi) is 3.19. The SMILES string of the molecule is CN(Cc1nccn1C)CC1(N)C2CCOC2C1(C)C. The molecule has 2 N–H and O–H groups in total. The number of hydrogen-bond donors (Lipinski definition) is 1. The normalized spacial score (nSPS) is 35.1. The first kappa shape index (κ1) is 14.0. The Morgan fingerprint density at radius 1 is 1.55 bits per heavy atom. The molecule has 2 aliphatic rings. The molecule has 0 spiro atoms. The minimum absolute atomic E-state index is 0.0457. The van der Waals surface area contributed by atoms with Gasteiger partial charge in [0.25, 0.3) is 0 Å². The molecule has 0 bridgehead atoms. The number of ether oxygens (including phenoxy) is 1. The third-order valence-corrected chi connectivity index (χ3v) is 5.53. The van der Waals surface area contributed by atoms with E-state index in [4.69, 9.17) is 10.5 Å². The van der Waals surface area contributed by atoms with Crippen molar-refractivity contribution in [1.82, 2.24) is 14.5 Å². The van der Waals surface area contributed by atoms with Gasteiger partial charge in [0.1, 0.15) is 5.82 Å². The molecule has 112 valence electrons. The predicted octanol–water partition coefficient (Wildman–Crippen LogP) is 0.994. The summed E-state index contributed by atoms with van der Waals surface area (Å²) in [6.07, 6.45) is 5.26. The van der Waals surface area contributed by atoms with E-state index < -0.39 is 0 Å². The highest BCUT2D eigenvalue weighted by atomic mass is 16.5. The molecule has 1 saturated heterocycles. The van der Waals surface area contributed by atoms with Gasteiger partial charge in [-0.1, -0.05) is 13.8 Å². The quantitative estimate of drug-likeness (QED) is 0.892. The number of hydrogen-bond acceptors (Lipinski definition) is 4. The number of nitrogens with two attached hydrogens (primary N) is 1. The fraction of sp³-hybridized carbons (Fsp3) is 0.800. The van der Waals surface area contributed by atoms with E-state index in [0.717, 1.165) is 31.9 Å². The number of fused-ring (bicyclic) bond motifs is 1. The van der Waals surface area contributed by atoms with Crippen molar-refractivity contribution < 1.29 is 4.74 Å². The van der Waals surface area contributed by atoms with Gasteiger partial charge in [-0.05, 0) is 13.5 Å². The third-order valence-electron chi connectivity index (χ3n) is 5.53. The molecule has 3 unspecified atom stereocenters. The fourth-order valence-electron chi connectivity index (χ4n) is 4.09. The Labute approximate surface area is 121 Å². The summed E-state index contributed by atoms with van der Waals surface area (Å²) in [5.74, 6) is 1.58. The maximum absolute atomic E-state index is 6.78. The summed E-state index contributed by atoms with van der Waals surface area (Å²) < 4.78 is 7.92. The van der Waals surface area contributed by atoms with Crippen LogP contribution in [0.4, 0.5) is 0 Å². The van der Waals surface area contributed by atoms with Crippen LogP contribution in [-0.4, -0.2) is 46.3 Å². The zero-order valence-electron chi connectivity index (χ0n) is 13.0. The molecule has 5 heteroatoms. The minimum Gasteiger partial charge on any atom is -0.377 e. The van der Waals surface area contributed by atoms with Crippen molar-refractivity contribution in [2.75, 3.05) is 20.2 Å². The molecule has 5 nitrogen and oxygen atoms in total. The van der Waals surface area contributed by atoms with Crippen molar-refractivity contribution in [2.24, 2.45) is 24.1 Å². The highest BCUT2D eigenvalue weighted by molar-refractivity contribution is 5.21. The summed E-state index contributed by atoms with van der Waals surface area (Å²) in [5, 5.41) is 0. The Morgan fingerprint density at radius 3 is 2.95 bits per heavy atom. The van der Waals surface area contributed by atoms with Crippen LogP contribution in [0.1, 0.15) is 26.1 Å². The van der Waals surface area contributed by atoms with Gasteiger partial charge in [0.05, 0.1) is 12.6 Å². The van der Waals surface area contributed by atoms with Crippen molar-refractivity contribution in [1.29, 1.82) is 0 Å². The Bertz CT molecular complexity index is 498. The molecule has 0 radical (unpaired) electrons. The average molecular weight is 278 g/mol. The van der Waals surface area contributed by atoms with E-state index >= 15 is 0 Å². The topological polar surface area (TPSA) is 56.3 Å². The summed E-state index contributed by atoms with van der Waals surface area (Å²) >= 11 is 0. The molecule has 0 aromatic carbocycles. The van der Waals surface area contributed by atoms with Crippen LogP contribution in [0.15, 0.2) is 12.4 Å². The molecule has 20 heavy (non-hydrogen) atoms. The van der Waals surface area contributed by atoms with Gasteiger partial charge in [-0.2, -0.15) is 0 Å². The summed E-state index contributed by atoms with van der Waals surface area (Å²) in [4.78, 5) is 6.68. The smallest absolute Gasteiger partial charge is 0.122 e. The van der Waals surface area contributed by atoms with E-state index in [2.05, 4.69) is 35.3 Å². The van der Waals surface area contributed by atoms with E-state index in [1.807, 2.05) is 19.4 Å². The Morgan fingerprint density at radius 2 is 2.30 bits per heavy atom. The van der Waals surface area contributed by atoms with Crippen LogP contribution in [0.3, 0.4) is 0 Å². The van der Waals surface area contributed by atoms with Crippen LogP contribution in [0.2, 0.25) is 0 Å². The van der Waals surface area contributed by atoms with Crippen LogP contribution in [-0.2, 0) is 18.3 Å². The van der Waals surface area contributed by atoms with E-state index in [1.54, 1.807) is 0 Å². The first-order valence-electron chi connectivity index (χ1n) is 7.41. The summed E-state index contributed by atoms with van der Waals surface area (Å²) in [7, 11) is 4.16. The van der Waals surface area contributed by atoms with Crippen molar-refractivity contribution in [3.63, 3.8) is 0 Å². The lowest BCUT2D eigenvalue weighted by molar-refractivity contribution is -0.162. The summed E-state index contributed by atoms with van der Waals surface area (Å²) in [6, 6.07) is 0. The third kappa shape index (κ3) is 1.84. The molecular weight excluding hydrogens is 252 g/mol. The fourth-order valence-corrected chi connectivity index (χ4v) is 4.09. The number of rotatable bonds is 4. The van der Waals surface area contributed by atoms with E-state index in [0.29, 0.717) is 12.0 Å². The zero-order valence-corrected chi connectivity index (χ0v) is 13.0. The predicted molar refractivity (Wildman–Crippen MR) is 78.1 cm³/mol. The van der Waals surface area contributed by atoms with Crippen LogP contribution < -0.4 is 5.73 Å². The van der Waals surface area contributed by atoms with E-state index in [-0.39, 0.29) is 11.0 Å². The first-order chi connectivity index (χ1) is 9.36. The second kappa shape index (κ2) is 4.55. The largest absolute Gasteiger partial charge is 0.377 e. The number of aryl methyl sites for hydroxylation is 1. The standard InChI is InChI=1S/C15H26N4O/c1-14(2)13-11(5-8-20-13)15(14,16)10-18(3)9-12-17-6-7-19(12)4/h6-7,11,13H,5,8-10,16H2,1-4H3. The minimum atomic E-state index is -0.159. The molecule has 1 aliphatic heterocycles. The van der Waals surface area contributed by atoms with Gasteiger partial charge in [-0.25, -0.2) is 4.98 Å². The molecule has 1 aliphatic carbocycles. The van der Waals surface area contributed by atoms with Gasteiger partial charge >= 0.3 is 0 Å². The van der Waals surface area contributed by atoms with Crippen molar-refractivity contribution in [2.45, 2.75) is 38.5 Å². The van der Waals surface area contributed by atoms with Crippen molar-refractivity contribution in [3.8, 4) is 0 Å². The van der Waals surface area contributed by atoms with Crippen LogP contribution in [0.5, 0.6) is 0 Å². The molecule has 2 heterocycles. The Hall–Kier alpha value is -0.910. The molecule has 1 aromatic heterocycles. The highest BCUT2D eigenvalue weighted by Crippen LogP contribution is 2.58. The van der Waals surface area contributed by atoms with Gasteiger partial charge in [0, 0.05) is 49.5 Å². The van der Waals surface area contributed by atoms with E-state index in [9.17, 15) is 0 Å². The Balaban J connectivity index is 1.69. The average Bonchev–Trinajstić information content (AvgIpc) is 2.98. The second-order valence-corrected chi connectivity index (χ2v) is 7.08. The molecule has 2 fully saturated rings. The highest BCUT2D eigenvalue weighted by Gasteiger charge is 2.67. The maximum Gasteiger partial charge on any atom is 0.122 e. The maximum atomic E-state index is 6.78. The van der Waals surface area contributed by atoms with Gasteiger partial charge in [-0.3, -0.25) is 4.90 Å². The zero-order chi connectivity index (χ0) is 14.5. The lowest BCUT2D eigenvalue weighted by Crippen LogP contribution is -2.77.